The highest BCUT2D eigenvalue weighted by molar-refractivity contribution is 5.99. The van der Waals surface area contributed by atoms with Crippen molar-refractivity contribution < 1.29 is 14.3 Å². The van der Waals surface area contributed by atoms with Crippen molar-refractivity contribution in [2.24, 2.45) is 0 Å². The van der Waals surface area contributed by atoms with Crippen LogP contribution < -0.4 is 10.1 Å². The number of methoxy groups -OCH3 is 1. The van der Waals surface area contributed by atoms with Gasteiger partial charge in [-0.3, -0.25) is 14.6 Å². The molecule has 1 aliphatic heterocycles. The lowest BCUT2D eigenvalue weighted by molar-refractivity contribution is -0.134. The average Bonchev–Trinajstić information content (AvgIpc) is 2.53. The van der Waals surface area contributed by atoms with Crippen molar-refractivity contribution in [3.63, 3.8) is 0 Å². The number of amides is 2. The first-order valence-corrected chi connectivity index (χ1v) is 6.77. The maximum atomic E-state index is 12.7. The number of hydrogen-bond donors (Lipinski definition) is 1. The Bertz CT molecular complexity index is 533. The average molecular weight is 292 g/mol. The van der Waals surface area contributed by atoms with Crippen molar-refractivity contribution in [3.8, 4) is 5.75 Å². The lowest BCUT2D eigenvalue weighted by Crippen LogP contribution is -2.59. The molecule has 114 valence electrons. The minimum absolute atomic E-state index is 0.0939. The normalized spacial score (nSPS) is 18.2. The predicted molar refractivity (Wildman–Crippen MR) is 77.2 cm³/mol. The number of pyridine rings is 1. The fraction of sp³-hybridized carbons (Fsp3) is 0.500. The molecule has 0 radical (unpaired) electrons. The lowest BCUT2D eigenvalue weighted by Gasteiger charge is -2.36. The SMILES string of the molecule is COc1cnccc1C(=O)N1CCNCC1C(=O)N(C)C. The van der Waals surface area contributed by atoms with Crippen LogP contribution in [0.25, 0.3) is 0 Å². The molecule has 7 nitrogen and oxygen atoms in total. The molecule has 7 heteroatoms. The minimum Gasteiger partial charge on any atom is -0.494 e. The van der Waals surface area contributed by atoms with E-state index in [0.29, 0.717) is 30.9 Å². The quantitative estimate of drug-likeness (QED) is 0.820. The summed E-state index contributed by atoms with van der Waals surface area (Å²) in [6.07, 6.45) is 3.04. The van der Waals surface area contributed by atoms with Crippen LogP contribution in [0.3, 0.4) is 0 Å². The molecule has 1 aromatic rings. The summed E-state index contributed by atoms with van der Waals surface area (Å²) in [5.41, 5.74) is 0.422. The lowest BCUT2D eigenvalue weighted by atomic mass is 10.1. The highest BCUT2D eigenvalue weighted by Crippen LogP contribution is 2.20. The summed E-state index contributed by atoms with van der Waals surface area (Å²) in [5.74, 6) is 0.108. The van der Waals surface area contributed by atoms with Crippen LogP contribution >= 0.6 is 0 Å². The Balaban J connectivity index is 2.28. The van der Waals surface area contributed by atoms with E-state index in [1.165, 1.54) is 18.2 Å². The monoisotopic (exact) mass is 292 g/mol. The van der Waals surface area contributed by atoms with Gasteiger partial charge in [0.15, 0.2) is 0 Å². The summed E-state index contributed by atoms with van der Waals surface area (Å²) >= 11 is 0. The number of ether oxygens (including phenoxy) is 1. The zero-order chi connectivity index (χ0) is 15.4. The maximum Gasteiger partial charge on any atom is 0.258 e. The largest absolute Gasteiger partial charge is 0.494 e. The van der Waals surface area contributed by atoms with Gasteiger partial charge in [0.1, 0.15) is 11.8 Å². The Morgan fingerprint density at radius 2 is 2.24 bits per heavy atom. The van der Waals surface area contributed by atoms with Gasteiger partial charge >= 0.3 is 0 Å². The Morgan fingerprint density at radius 1 is 1.48 bits per heavy atom. The summed E-state index contributed by atoms with van der Waals surface area (Å²) < 4.78 is 5.18. The van der Waals surface area contributed by atoms with Crippen molar-refractivity contribution in [2.45, 2.75) is 6.04 Å². The second-order valence-electron chi connectivity index (χ2n) is 5.03. The van der Waals surface area contributed by atoms with Gasteiger partial charge in [0.05, 0.1) is 18.9 Å². The Labute approximate surface area is 123 Å². The standard InChI is InChI=1S/C14H20N4O3/c1-17(2)14(20)11-8-16-6-7-18(11)13(19)10-4-5-15-9-12(10)21-3/h4-5,9,11,16H,6-8H2,1-3H3. The van der Waals surface area contributed by atoms with Crippen LogP contribution in [0.5, 0.6) is 5.75 Å². The molecule has 1 atom stereocenters. The molecule has 1 saturated heterocycles. The number of rotatable bonds is 3. The second-order valence-corrected chi connectivity index (χ2v) is 5.03. The van der Waals surface area contributed by atoms with E-state index in [9.17, 15) is 9.59 Å². The summed E-state index contributed by atoms with van der Waals surface area (Å²) in [5, 5.41) is 3.15. The Hall–Kier alpha value is -2.15. The molecule has 1 fully saturated rings. The van der Waals surface area contributed by atoms with Gasteiger partial charge < -0.3 is 19.9 Å². The van der Waals surface area contributed by atoms with Gasteiger partial charge in [-0.2, -0.15) is 0 Å². The third-order valence-corrected chi connectivity index (χ3v) is 3.46. The predicted octanol–water partition coefficient (Wildman–Crippen LogP) is -0.408. The fourth-order valence-electron chi connectivity index (χ4n) is 2.34. The summed E-state index contributed by atoms with van der Waals surface area (Å²) in [6, 6.07) is 1.11. The summed E-state index contributed by atoms with van der Waals surface area (Å²) in [7, 11) is 4.87. The smallest absolute Gasteiger partial charge is 0.258 e. The van der Waals surface area contributed by atoms with Crippen LogP contribution in [0, 0.1) is 0 Å². The zero-order valence-electron chi connectivity index (χ0n) is 12.5. The fourth-order valence-corrected chi connectivity index (χ4v) is 2.34. The van der Waals surface area contributed by atoms with E-state index in [4.69, 9.17) is 4.74 Å². The van der Waals surface area contributed by atoms with Gasteiger partial charge in [-0.05, 0) is 6.07 Å². The third-order valence-electron chi connectivity index (χ3n) is 3.46. The van der Waals surface area contributed by atoms with E-state index in [-0.39, 0.29) is 11.8 Å². The first-order valence-electron chi connectivity index (χ1n) is 6.77. The highest BCUT2D eigenvalue weighted by Gasteiger charge is 2.34. The molecule has 0 aromatic carbocycles. The van der Waals surface area contributed by atoms with Gasteiger partial charge in [-0.1, -0.05) is 0 Å². The van der Waals surface area contributed by atoms with Crippen molar-refractivity contribution in [1.29, 1.82) is 0 Å². The number of carbonyl (C=O) groups excluding carboxylic acids is 2. The molecule has 0 spiro atoms. The van der Waals surface area contributed by atoms with Crippen molar-refractivity contribution in [3.05, 3.63) is 24.0 Å². The molecular weight excluding hydrogens is 272 g/mol. The van der Waals surface area contributed by atoms with Crippen LogP contribution in [-0.4, -0.2) is 73.5 Å². The molecule has 1 unspecified atom stereocenters. The van der Waals surface area contributed by atoms with Gasteiger partial charge in [0, 0.05) is 39.9 Å². The number of carbonyl (C=O) groups is 2. The molecule has 0 bridgehead atoms. The highest BCUT2D eigenvalue weighted by atomic mass is 16.5. The van der Waals surface area contributed by atoms with Crippen LogP contribution in [0.2, 0.25) is 0 Å². The molecule has 0 saturated carbocycles. The number of hydrogen-bond acceptors (Lipinski definition) is 5. The molecule has 1 N–H and O–H groups in total. The van der Waals surface area contributed by atoms with E-state index >= 15 is 0 Å². The number of nitrogens with one attached hydrogen (secondary N) is 1. The van der Waals surface area contributed by atoms with Gasteiger partial charge in [0.2, 0.25) is 5.91 Å². The van der Waals surface area contributed by atoms with E-state index in [1.807, 2.05) is 0 Å². The molecule has 21 heavy (non-hydrogen) atoms. The van der Waals surface area contributed by atoms with E-state index in [0.717, 1.165) is 0 Å². The number of likely N-dealkylation sites (N-methyl/N-ethyl adjacent to an activating group) is 1. The third kappa shape index (κ3) is 3.13. The maximum absolute atomic E-state index is 12.7. The first kappa shape index (κ1) is 15.2. The van der Waals surface area contributed by atoms with E-state index in [1.54, 1.807) is 31.3 Å². The van der Waals surface area contributed by atoms with Crippen molar-refractivity contribution in [1.82, 2.24) is 20.1 Å². The first-order chi connectivity index (χ1) is 10.1. The van der Waals surface area contributed by atoms with Crippen molar-refractivity contribution >= 4 is 11.8 Å². The molecule has 1 aromatic heterocycles. The van der Waals surface area contributed by atoms with Crippen LogP contribution in [0.15, 0.2) is 18.5 Å². The van der Waals surface area contributed by atoms with Crippen LogP contribution in [0.1, 0.15) is 10.4 Å². The topological polar surface area (TPSA) is 74.8 Å². The number of nitrogens with zero attached hydrogens (tertiary/aromatic N) is 3. The Morgan fingerprint density at radius 3 is 2.90 bits per heavy atom. The molecular formula is C14H20N4O3. The van der Waals surface area contributed by atoms with Crippen LogP contribution in [-0.2, 0) is 4.79 Å². The van der Waals surface area contributed by atoms with E-state index in [2.05, 4.69) is 10.3 Å². The molecule has 2 amide bonds. The van der Waals surface area contributed by atoms with Crippen LogP contribution in [0.4, 0.5) is 0 Å². The minimum atomic E-state index is -0.501. The van der Waals surface area contributed by atoms with E-state index < -0.39 is 6.04 Å². The zero-order valence-corrected chi connectivity index (χ0v) is 12.5. The van der Waals surface area contributed by atoms with Gasteiger partial charge in [-0.25, -0.2) is 0 Å². The summed E-state index contributed by atoms with van der Waals surface area (Å²) in [4.78, 5) is 32.0. The van der Waals surface area contributed by atoms with Crippen molar-refractivity contribution in [2.75, 3.05) is 40.8 Å². The summed E-state index contributed by atoms with van der Waals surface area (Å²) in [6.45, 7) is 1.60. The molecule has 1 aliphatic rings. The number of piperazine rings is 1. The molecule has 0 aliphatic carbocycles. The second kappa shape index (κ2) is 6.53. The van der Waals surface area contributed by atoms with Gasteiger partial charge in [-0.15, -0.1) is 0 Å². The number of aromatic nitrogens is 1. The molecule has 2 heterocycles. The van der Waals surface area contributed by atoms with Gasteiger partial charge in [0.25, 0.3) is 5.91 Å². The Kier molecular flexibility index (Phi) is 4.74. The molecule has 2 rings (SSSR count).